The average molecular weight is 550 g/mol. The summed E-state index contributed by atoms with van der Waals surface area (Å²) in [5.41, 5.74) is 3.09. The van der Waals surface area contributed by atoms with Gasteiger partial charge in [0.25, 0.3) is 5.56 Å². The van der Waals surface area contributed by atoms with Crippen molar-refractivity contribution in [2.75, 3.05) is 38.5 Å². The van der Waals surface area contributed by atoms with Crippen molar-refractivity contribution in [1.82, 2.24) is 4.57 Å². The van der Waals surface area contributed by atoms with Crippen molar-refractivity contribution in [2.24, 2.45) is 4.99 Å². The van der Waals surface area contributed by atoms with Crippen molar-refractivity contribution in [2.45, 2.75) is 33.7 Å². The predicted molar refractivity (Wildman–Crippen MR) is 150 cm³/mol. The van der Waals surface area contributed by atoms with Crippen molar-refractivity contribution >= 4 is 29.1 Å². The van der Waals surface area contributed by atoms with E-state index in [1.165, 1.54) is 11.3 Å². The van der Waals surface area contributed by atoms with Crippen LogP contribution in [0.1, 0.15) is 44.9 Å². The van der Waals surface area contributed by atoms with Crippen LogP contribution in [0.2, 0.25) is 0 Å². The van der Waals surface area contributed by atoms with Gasteiger partial charge in [0, 0.05) is 30.4 Å². The first-order valence-corrected chi connectivity index (χ1v) is 13.7. The highest BCUT2D eigenvalue weighted by Gasteiger charge is 2.34. The van der Waals surface area contributed by atoms with Crippen LogP contribution in [0.5, 0.6) is 17.2 Å². The van der Waals surface area contributed by atoms with E-state index in [2.05, 4.69) is 23.7 Å². The molecular weight excluding hydrogens is 518 g/mol. The first kappa shape index (κ1) is 26.6. The highest BCUT2D eigenvalue weighted by Crippen LogP contribution is 2.38. The Morgan fingerprint density at radius 2 is 1.92 bits per heavy atom. The zero-order valence-corrected chi connectivity index (χ0v) is 23.5. The van der Waals surface area contributed by atoms with Crippen LogP contribution >= 0.6 is 11.3 Å². The van der Waals surface area contributed by atoms with Crippen LogP contribution < -0.4 is 34.0 Å². The molecule has 10 heteroatoms. The van der Waals surface area contributed by atoms with Crippen molar-refractivity contribution in [3.63, 3.8) is 0 Å². The number of ether oxygens (including phenoxy) is 4. The minimum atomic E-state index is -0.733. The van der Waals surface area contributed by atoms with Crippen LogP contribution in [0.4, 0.5) is 5.69 Å². The second-order valence-corrected chi connectivity index (χ2v) is 10.0. The van der Waals surface area contributed by atoms with Gasteiger partial charge in [0.1, 0.15) is 5.75 Å². The second-order valence-electron chi connectivity index (χ2n) is 9.01. The molecular formula is C29H31N3O6S. The maximum Gasteiger partial charge on any atom is 0.338 e. The lowest BCUT2D eigenvalue weighted by molar-refractivity contribution is -0.139. The van der Waals surface area contributed by atoms with Crippen LogP contribution in [0.25, 0.3) is 6.08 Å². The summed E-state index contributed by atoms with van der Waals surface area (Å²) in [7, 11) is 1.62. The van der Waals surface area contributed by atoms with E-state index < -0.39 is 12.0 Å². The number of nitrogens with zero attached hydrogens (tertiary/aromatic N) is 3. The van der Waals surface area contributed by atoms with Crippen molar-refractivity contribution in [3.05, 3.63) is 78.5 Å². The first-order valence-electron chi connectivity index (χ1n) is 12.9. The summed E-state index contributed by atoms with van der Waals surface area (Å²) in [6.45, 7) is 9.80. The molecule has 0 bridgehead atoms. The second kappa shape index (κ2) is 11.0. The molecule has 9 nitrogen and oxygen atoms in total. The number of carbonyl (C=O) groups excluding carboxylic acids is 1. The van der Waals surface area contributed by atoms with E-state index >= 15 is 0 Å². The van der Waals surface area contributed by atoms with Crippen LogP contribution in [-0.4, -0.2) is 44.1 Å². The number of rotatable bonds is 8. The van der Waals surface area contributed by atoms with Gasteiger partial charge in [-0.1, -0.05) is 17.4 Å². The summed E-state index contributed by atoms with van der Waals surface area (Å²) in [6.07, 6.45) is 1.81. The lowest BCUT2D eigenvalue weighted by Crippen LogP contribution is -2.39. The molecule has 0 saturated carbocycles. The van der Waals surface area contributed by atoms with Gasteiger partial charge >= 0.3 is 5.97 Å². The Morgan fingerprint density at radius 3 is 2.64 bits per heavy atom. The third kappa shape index (κ3) is 4.80. The third-order valence-electron chi connectivity index (χ3n) is 6.86. The van der Waals surface area contributed by atoms with E-state index in [4.69, 9.17) is 18.9 Å². The predicted octanol–water partition coefficient (Wildman–Crippen LogP) is 3.38. The molecule has 0 N–H and O–H groups in total. The molecule has 2 aliphatic heterocycles. The number of thiazole rings is 1. The largest absolute Gasteiger partial charge is 0.496 e. The fourth-order valence-electron chi connectivity index (χ4n) is 4.94. The number of aromatic nitrogens is 1. The average Bonchev–Trinajstić information content (AvgIpc) is 3.52. The van der Waals surface area contributed by atoms with Gasteiger partial charge in [0.15, 0.2) is 16.3 Å². The molecule has 0 aliphatic carbocycles. The Balaban J connectivity index is 1.67. The zero-order chi connectivity index (χ0) is 27.7. The van der Waals surface area contributed by atoms with E-state index in [9.17, 15) is 9.59 Å². The molecule has 0 spiro atoms. The van der Waals surface area contributed by atoms with Gasteiger partial charge in [0.05, 0.1) is 35.6 Å². The molecule has 1 atom stereocenters. The first-order chi connectivity index (χ1) is 18.9. The summed E-state index contributed by atoms with van der Waals surface area (Å²) < 4.78 is 24.2. The van der Waals surface area contributed by atoms with Gasteiger partial charge in [-0.3, -0.25) is 9.36 Å². The molecule has 2 aromatic carbocycles. The molecule has 3 heterocycles. The fourth-order valence-corrected chi connectivity index (χ4v) is 5.97. The minimum Gasteiger partial charge on any atom is -0.496 e. The number of carbonyl (C=O) groups is 1. The van der Waals surface area contributed by atoms with Gasteiger partial charge in [-0.25, -0.2) is 9.79 Å². The van der Waals surface area contributed by atoms with Crippen LogP contribution in [0.15, 0.2) is 57.5 Å². The topological polar surface area (TPSA) is 91.6 Å². The van der Waals surface area contributed by atoms with Crippen LogP contribution in [0.3, 0.4) is 0 Å². The van der Waals surface area contributed by atoms with Gasteiger partial charge < -0.3 is 23.8 Å². The summed E-state index contributed by atoms with van der Waals surface area (Å²) in [4.78, 5) is 34.4. The third-order valence-corrected chi connectivity index (χ3v) is 7.84. The van der Waals surface area contributed by atoms with Crippen LogP contribution in [0, 0.1) is 0 Å². The molecule has 204 valence electrons. The number of esters is 1. The Hall–Kier alpha value is -4.05. The fraction of sp³-hybridized carbons (Fsp3) is 0.345. The van der Waals surface area contributed by atoms with E-state index in [0.717, 1.165) is 24.3 Å². The number of anilines is 1. The number of fused-ring (bicyclic) bond motifs is 2. The molecule has 0 saturated heterocycles. The summed E-state index contributed by atoms with van der Waals surface area (Å²) in [6, 6.07) is 10.7. The molecule has 1 aromatic heterocycles. The normalized spacial score (nSPS) is 16.1. The van der Waals surface area contributed by atoms with Gasteiger partial charge in [-0.2, -0.15) is 0 Å². The smallest absolute Gasteiger partial charge is 0.338 e. The Kier molecular flexibility index (Phi) is 7.47. The zero-order valence-electron chi connectivity index (χ0n) is 22.6. The van der Waals surface area contributed by atoms with Crippen molar-refractivity contribution in [3.8, 4) is 17.2 Å². The van der Waals surface area contributed by atoms with Gasteiger partial charge in [-0.05, 0) is 63.6 Å². The number of hydrogen-bond acceptors (Lipinski definition) is 9. The summed E-state index contributed by atoms with van der Waals surface area (Å²) in [5.74, 6) is 1.33. The molecule has 5 rings (SSSR count). The number of hydrogen-bond donors (Lipinski definition) is 0. The number of methoxy groups -OCH3 is 1. The molecule has 0 radical (unpaired) electrons. The van der Waals surface area contributed by atoms with Gasteiger partial charge in [0.2, 0.25) is 6.79 Å². The Labute approximate surface area is 230 Å². The van der Waals surface area contributed by atoms with Gasteiger partial charge in [-0.15, -0.1) is 0 Å². The highest BCUT2D eigenvalue weighted by atomic mass is 32.1. The lowest BCUT2D eigenvalue weighted by atomic mass is 9.95. The SMILES string of the molecule is CCOC(=O)C1=C(C)N=c2sc(=Cc3ccc(N(CC)CC)cc3OC)c(=O)n2[C@@H]1c1ccc2c(c1)OCO2. The van der Waals surface area contributed by atoms with E-state index in [1.807, 2.05) is 30.3 Å². The summed E-state index contributed by atoms with van der Waals surface area (Å²) >= 11 is 1.27. The lowest BCUT2D eigenvalue weighted by Gasteiger charge is -2.24. The quantitative estimate of drug-likeness (QED) is 0.398. The number of benzene rings is 2. The summed E-state index contributed by atoms with van der Waals surface area (Å²) in [5, 5.41) is 0. The molecule has 0 unspecified atom stereocenters. The Bertz CT molecular complexity index is 1630. The van der Waals surface area contributed by atoms with E-state index in [1.54, 1.807) is 37.7 Å². The molecule has 0 fully saturated rings. The maximum atomic E-state index is 13.9. The molecule has 3 aromatic rings. The molecule has 0 amide bonds. The Morgan fingerprint density at radius 1 is 1.15 bits per heavy atom. The standard InChI is InChI=1S/C29H31N3O6S/c1-6-31(7-2)20-11-9-18(22(15-20)35-5)14-24-27(33)32-26(19-10-12-21-23(13-19)38-16-37-21)25(28(34)36-8-3)17(4)30-29(32)39-24/h9-15,26H,6-8,16H2,1-5H3/t26-/m1/s1. The minimum absolute atomic E-state index is 0.121. The molecule has 39 heavy (non-hydrogen) atoms. The monoisotopic (exact) mass is 549 g/mol. The van der Waals surface area contributed by atoms with E-state index in [0.29, 0.717) is 43.4 Å². The maximum absolute atomic E-state index is 13.9. The molecule has 2 aliphatic rings. The van der Waals surface area contributed by atoms with Crippen molar-refractivity contribution in [1.29, 1.82) is 0 Å². The van der Waals surface area contributed by atoms with Crippen molar-refractivity contribution < 1.29 is 23.7 Å². The number of allylic oxidation sites excluding steroid dienone is 1. The van der Waals surface area contributed by atoms with E-state index in [-0.39, 0.29) is 19.0 Å². The highest BCUT2D eigenvalue weighted by molar-refractivity contribution is 7.07. The van der Waals surface area contributed by atoms with Crippen LogP contribution in [-0.2, 0) is 9.53 Å².